The van der Waals surface area contributed by atoms with Crippen LogP contribution in [0.5, 0.6) is 0 Å². The van der Waals surface area contributed by atoms with E-state index in [2.05, 4.69) is 41.4 Å². The normalized spacial score (nSPS) is 18.8. The maximum Gasteiger partial charge on any atom is 0.220 e. The van der Waals surface area contributed by atoms with E-state index >= 15 is 0 Å². The standard InChI is InChI=1S/C14H21N3O/c1-2-17(10-12-5-8-14(18)16-12)13-6-3-11(9-15)4-7-13/h3-4,6-7,12H,2,5,8-10,15H2,1H3,(H,16,18). The Morgan fingerprint density at radius 2 is 2.11 bits per heavy atom. The SMILES string of the molecule is CCN(CC1CCC(=O)N1)c1ccc(CN)cc1. The van der Waals surface area contributed by atoms with Gasteiger partial charge in [-0.1, -0.05) is 12.1 Å². The molecule has 0 saturated carbocycles. The predicted octanol–water partition coefficient (Wildman–Crippen LogP) is 1.25. The minimum absolute atomic E-state index is 0.175. The number of carbonyl (C=O) groups is 1. The van der Waals surface area contributed by atoms with Gasteiger partial charge in [-0.2, -0.15) is 0 Å². The molecule has 1 fully saturated rings. The molecule has 1 aliphatic rings. The van der Waals surface area contributed by atoms with Crippen LogP contribution in [-0.4, -0.2) is 25.0 Å². The summed E-state index contributed by atoms with van der Waals surface area (Å²) in [5.41, 5.74) is 7.93. The molecule has 1 atom stereocenters. The molecule has 0 radical (unpaired) electrons. The van der Waals surface area contributed by atoms with Crippen LogP contribution in [0.4, 0.5) is 5.69 Å². The topological polar surface area (TPSA) is 58.4 Å². The molecule has 2 rings (SSSR count). The highest BCUT2D eigenvalue weighted by Crippen LogP contribution is 2.17. The zero-order chi connectivity index (χ0) is 13.0. The van der Waals surface area contributed by atoms with Crippen LogP contribution < -0.4 is 16.0 Å². The lowest BCUT2D eigenvalue weighted by Gasteiger charge is -2.26. The maximum absolute atomic E-state index is 11.2. The molecule has 1 aliphatic heterocycles. The zero-order valence-corrected chi connectivity index (χ0v) is 10.9. The van der Waals surface area contributed by atoms with E-state index < -0.39 is 0 Å². The summed E-state index contributed by atoms with van der Waals surface area (Å²) in [6.45, 7) is 4.53. The lowest BCUT2D eigenvalue weighted by atomic mass is 10.1. The molecule has 4 heteroatoms. The summed E-state index contributed by atoms with van der Waals surface area (Å²) in [7, 11) is 0. The van der Waals surface area contributed by atoms with E-state index in [4.69, 9.17) is 5.73 Å². The van der Waals surface area contributed by atoms with Crippen LogP contribution in [0.1, 0.15) is 25.3 Å². The summed E-state index contributed by atoms with van der Waals surface area (Å²) in [4.78, 5) is 13.5. The smallest absolute Gasteiger partial charge is 0.220 e. The van der Waals surface area contributed by atoms with E-state index in [1.54, 1.807) is 0 Å². The fourth-order valence-electron chi connectivity index (χ4n) is 2.34. The molecule has 3 N–H and O–H groups in total. The Morgan fingerprint density at radius 1 is 1.39 bits per heavy atom. The van der Waals surface area contributed by atoms with Gasteiger partial charge >= 0.3 is 0 Å². The van der Waals surface area contributed by atoms with Crippen molar-refractivity contribution < 1.29 is 4.79 Å². The van der Waals surface area contributed by atoms with Gasteiger partial charge in [0.25, 0.3) is 0 Å². The Bertz CT molecular complexity index is 402. The Morgan fingerprint density at radius 3 is 2.61 bits per heavy atom. The molecule has 0 aromatic heterocycles. The third-order valence-corrected chi connectivity index (χ3v) is 3.44. The fourth-order valence-corrected chi connectivity index (χ4v) is 2.34. The quantitative estimate of drug-likeness (QED) is 0.823. The highest BCUT2D eigenvalue weighted by Gasteiger charge is 2.22. The molecular weight excluding hydrogens is 226 g/mol. The van der Waals surface area contributed by atoms with Crippen LogP contribution in [0.3, 0.4) is 0 Å². The fraction of sp³-hybridized carbons (Fsp3) is 0.500. The van der Waals surface area contributed by atoms with Gasteiger partial charge in [0, 0.05) is 37.8 Å². The van der Waals surface area contributed by atoms with Crippen molar-refractivity contribution >= 4 is 11.6 Å². The largest absolute Gasteiger partial charge is 0.370 e. The number of nitrogens with zero attached hydrogens (tertiary/aromatic N) is 1. The number of hydrogen-bond donors (Lipinski definition) is 2. The lowest BCUT2D eigenvalue weighted by molar-refractivity contribution is -0.119. The summed E-state index contributed by atoms with van der Waals surface area (Å²) in [5, 5.41) is 3.01. The number of carbonyl (C=O) groups excluding carboxylic acids is 1. The number of nitrogens with one attached hydrogen (secondary N) is 1. The van der Waals surface area contributed by atoms with E-state index in [-0.39, 0.29) is 11.9 Å². The molecule has 1 saturated heterocycles. The number of amides is 1. The summed E-state index contributed by atoms with van der Waals surface area (Å²) < 4.78 is 0. The molecule has 1 heterocycles. The molecule has 0 aliphatic carbocycles. The van der Waals surface area contributed by atoms with Gasteiger partial charge in [-0.15, -0.1) is 0 Å². The second-order valence-corrected chi connectivity index (χ2v) is 4.71. The molecule has 1 amide bonds. The maximum atomic E-state index is 11.2. The summed E-state index contributed by atoms with van der Waals surface area (Å²) >= 11 is 0. The van der Waals surface area contributed by atoms with Gasteiger partial charge in [-0.3, -0.25) is 4.79 Å². The molecule has 1 aromatic rings. The van der Waals surface area contributed by atoms with E-state index in [0.717, 1.165) is 25.1 Å². The minimum Gasteiger partial charge on any atom is -0.370 e. The summed E-state index contributed by atoms with van der Waals surface area (Å²) in [5.74, 6) is 0.175. The number of nitrogens with two attached hydrogens (primary N) is 1. The Kier molecular flexibility index (Phi) is 4.20. The van der Waals surface area contributed by atoms with Crippen molar-refractivity contribution in [3.8, 4) is 0 Å². The third-order valence-electron chi connectivity index (χ3n) is 3.44. The minimum atomic E-state index is 0.175. The van der Waals surface area contributed by atoms with Gasteiger partial charge in [0.05, 0.1) is 0 Å². The van der Waals surface area contributed by atoms with Crippen molar-refractivity contribution in [1.29, 1.82) is 0 Å². The van der Waals surface area contributed by atoms with E-state index in [1.165, 1.54) is 5.69 Å². The summed E-state index contributed by atoms with van der Waals surface area (Å²) in [6.07, 6.45) is 1.60. The number of likely N-dealkylation sites (N-methyl/N-ethyl adjacent to an activating group) is 1. The van der Waals surface area contributed by atoms with Crippen molar-refractivity contribution in [2.24, 2.45) is 5.73 Å². The molecule has 18 heavy (non-hydrogen) atoms. The van der Waals surface area contributed by atoms with E-state index in [1.807, 2.05) is 0 Å². The Labute approximate surface area is 108 Å². The van der Waals surface area contributed by atoms with Crippen molar-refractivity contribution in [3.63, 3.8) is 0 Å². The molecule has 0 bridgehead atoms. The molecule has 4 nitrogen and oxygen atoms in total. The van der Waals surface area contributed by atoms with Crippen LogP contribution in [0.25, 0.3) is 0 Å². The van der Waals surface area contributed by atoms with Gasteiger partial charge in [-0.05, 0) is 31.0 Å². The van der Waals surface area contributed by atoms with Crippen LogP contribution in [0, 0.1) is 0 Å². The monoisotopic (exact) mass is 247 g/mol. The zero-order valence-electron chi connectivity index (χ0n) is 10.9. The predicted molar refractivity (Wildman–Crippen MR) is 73.4 cm³/mol. The van der Waals surface area contributed by atoms with Gasteiger partial charge in [-0.25, -0.2) is 0 Å². The van der Waals surface area contributed by atoms with Gasteiger partial charge in [0.2, 0.25) is 5.91 Å². The van der Waals surface area contributed by atoms with E-state index in [9.17, 15) is 4.79 Å². The van der Waals surface area contributed by atoms with Crippen LogP contribution >= 0.6 is 0 Å². The highest BCUT2D eigenvalue weighted by atomic mass is 16.1. The van der Waals surface area contributed by atoms with Crippen LogP contribution in [0.15, 0.2) is 24.3 Å². The van der Waals surface area contributed by atoms with Gasteiger partial charge in [0.15, 0.2) is 0 Å². The first-order valence-electron chi connectivity index (χ1n) is 6.56. The first-order valence-corrected chi connectivity index (χ1v) is 6.56. The number of benzene rings is 1. The van der Waals surface area contributed by atoms with Crippen molar-refractivity contribution in [3.05, 3.63) is 29.8 Å². The van der Waals surface area contributed by atoms with Crippen LogP contribution in [-0.2, 0) is 11.3 Å². The molecular formula is C14H21N3O. The Hall–Kier alpha value is -1.55. The first-order chi connectivity index (χ1) is 8.72. The number of anilines is 1. The summed E-state index contributed by atoms with van der Waals surface area (Å²) in [6, 6.07) is 8.60. The number of hydrogen-bond acceptors (Lipinski definition) is 3. The third kappa shape index (κ3) is 3.01. The molecule has 98 valence electrons. The molecule has 1 unspecified atom stereocenters. The molecule has 0 spiro atoms. The number of rotatable bonds is 5. The van der Waals surface area contributed by atoms with Crippen molar-refractivity contribution in [2.75, 3.05) is 18.0 Å². The molecule has 1 aromatic carbocycles. The average Bonchev–Trinajstić information content (AvgIpc) is 2.82. The van der Waals surface area contributed by atoms with Gasteiger partial charge in [0.1, 0.15) is 0 Å². The average molecular weight is 247 g/mol. The highest BCUT2D eigenvalue weighted by molar-refractivity contribution is 5.78. The second-order valence-electron chi connectivity index (χ2n) is 4.71. The van der Waals surface area contributed by atoms with Crippen LogP contribution in [0.2, 0.25) is 0 Å². The van der Waals surface area contributed by atoms with Crippen molar-refractivity contribution in [1.82, 2.24) is 5.32 Å². The lowest BCUT2D eigenvalue weighted by Crippen LogP contribution is -2.38. The van der Waals surface area contributed by atoms with E-state index in [0.29, 0.717) is 13.0 Å². The van der Waals surface area contributed by atoms with Crippen molar-refractivity contribution in [2.45, 2.75) is 32.4 Å². The second kappa shape index (κ2) is 5.87. The first kappa shape index (κ1) is 12.9. The Balaban J connectivity index is 2.00. The van der Waals surface area contributed by atoms with Gasteiger partial charge < -0.3 is 16.0 Å².